The first-order valence-electron chi connectivity index (χ1n) is 6.96. The molecule has 1 aromatic carbocycles. The Hall–Kier alpha value is -2.23. The molecule has 0 N–H and O–H groups in total. The van der Waals surface area contributed by atoms with Gasteiger partial charge in [-0.15, -0.1) is 0 Å². The molecule has 0 spiro atoms. The van der Waals surface area contributed by atoms with E-state index in [0.717, 1.165) is 5.69 Å². The minimum Gasteiger partial charge on any atom is -0.330 e. The summed E-state index contributed by atoms with van der Waals surface area (Å²) in [5.41, 5.74) is 2.01. The van der Waals surface area contributed by atoms with Gasteiger partial charge in [-0.25, -0.2) is 4.39 Å². The Labute approximate surface area is 124 Å². The van der Waals surface area contributed by atoms with Gasteiger partial charge in [0.1, 0.15) is 5.82 Å². The molecule has 0 saturated heterocycles. The van der Waals surface area contributed by atoms with Crippen molar-refractivity contribution in [3.63, 3.8) is 0 Å². The topological polar surface area (TPSA) is 33.2 Å². The number of pyridine rings is 1. The standard InChI is InChI=1S/C17H19FN2O/c1-12(2)20(11-15-6-4-5-9-19-15)17(21)16-8-7-14(18)10-13(16)3/h4-10,12H,11H2,1-3H3. The molecule has 1 aromatic heterocycles. The van der Waals surface area contributed by atoms with Crippen LogP contribution in [-0.2, 0) is 6.54 Å². The number of aromatic nitrogens is 1. The molecule has 0 unspecified atom stereocenters. The van der Waals surface area contributed by atoms with Crippen LogP contribution in [0.25, 0.3) is 0 Å². The van der Waals surface area contributed by atoms with E-state index >= 15 is 0 Å². The molecule has 3 nitrogen and oxygen atoms in total. The van der Waals surface area contributed by atoms with Crippen molar-refractivity contribution in [2.75, 3.05) is 0 Å². The van der Waals surface area contributed by atoms with Gasteiger partial charge in [-0.3, -0.25) is 9.78 Å². The second-order valence-electron chi connectivity index (χ2n) is 5.31. The molecule has 2 rings (SSSR count). The van der Waals surface area contributed by atoms with Crippen molar-refractivity contribution in [3.8, 4) is 0 Å². The highest BCUT2D eigenvalue weighted by Gasteiger charge is 2.21. The molecule has 110 valence electrons. The molecule has 0 aliphatic rings. The number of aryl methyl sites for hydroxylation is 1. The number of halogens is 1. The summed E-state index contributed by atoms with van der Waals surface area (Å²) in [4.78, 5) is 18.7. The van der Waals surface area contributed by atoms with E-state index in [4.69, 9.17) is 0 Å². The fourth-order valence-corrected chi connectivity index (χ4v) is 2.18. The molecule has 0 saturated carbocycles. The highest BCUT2D eigenvalue weighted by atomic mass is 19.1. The molecule has 0 aliphatic heterocycles. The molecule has 0 aliphatic carbocycles. The van der Waals surface area contributed by atoms with E-state index in [-0.39, 0.29) is 17.8 Å². The Morgan fingerprint density at radius 3 is 2.62 bits per heavy atom. The Kier molecular flexibility index (Phi) is 4.68. The van der Waals surface area contributed by atoms with E-state index in [0.29, 0.717) is 17.7 Å². The fourth-order valence-electron chi connectivity index (χ4n) is 2.18. The highest BCUT2D eigenvalue weighted by molar-refractivity contribution is 5.95. The Morgan fingerprint density at radius 1 is 1.29 bits per heavy atom. The van der Waals surface area contributed by atoms with E-state index in [1.54, 1.807) is 24.1 Å². The monoisotopic (exact) mass is 286 g/mol. The third-order valence-electron chi connectivity index (χ3n) is 3.36. The van der Waals surface area contributed by atoms with Gasteiger partial charge in [0.05, 0.1) is 12.2 Å². The number of nitrogens with zero attached hydrogens (tertiary/aromatic N) is 2. The van der Waals surface area contributed by atoms with Gasteiger partial charge < -0.3 is 4.90 Å². The minimum absolute atomic E-state index is 0.0314. The first-order valence-corrected chi connectivity index (χ1v) is 6.96. The van der Waals surface area contributed by atoms with E-state index in [9.17, 15) is 9.18 Å². The molecule has 0 fully saturated rings. The highest BCUT2D eigenvalue weighted by Crippen LogP contribution is 2.16. The Balaban J connectivity index is 2.27. The van der Waals surface area contributed by atoms with Crippen LogP contribution < -0.4 is 0 Å². The number of rotatable bonds is 4. The number of carbonyl (C=O) groups is 1. The largest absolute Gasteiger partial charge is 0.330 e. The van der Waals surface area contributed by atoms with Crippen LogP contribution in [0.1, 0.15) is 35.5 Å². The maximum absolute atomic E-state index is 13.2. The normalized spacial score (nSPS) is 10.7. The van der Waals surface area contributed by atoms with Gasteiger partial charge in [0, 0.05) is 17.8 Å². The SMILES string of the molecule is Cc1cc(F)ccc1C(=O)N(Cc1ccccn1)C(C)C. The molecule has 2 aromatic rings. The Morgan fingerprint density at radius 2 is 2.05 bits per heavy atom. The van der Waals surface area contributed by atoms with Crippen LogP contribution in [0.3, 0.4) is 0 Å². The molecule has 0 atom stereocenters. The molecule has 0 radical (unpaired) electrons. The zero-order valence-corrected chi connectivity index (χ0v) is 12.5. The predicted octanol–water partition coefficient (Wildman–Crippen LogP) is 3.58. The molecular formula is C17H19FN2O. The zero-order chi connectivity index (χ0) is 15.4. The number of hydrogen-bond donors (Lipinski definition) is 0. The van der Waals surface area contributed by atoms with Crippen LogP contribution in [0.2, 0.25) is 0 Å². The molecule has 21 heavy (non-hydrogen) atoms. The van der Waals surface area contributed by atoms with Crippen LogP contribution in [0.5, 0.6) is 0 Å². The van der Waals surface area contributed by atoms with Gasteiger partial charge in [0.25, 0.3) is 5.91 Å². The van der Waals surface area contributed by atoms with Crippen molar-refractivity contribution in [1.29, 1.82) is 0 Å². The third-order valence-corrected chi connectivity index (χ3v) is 3.36. The second-order valence-corrected chi connectivity index (χ2v) is 5.31. The van der Waals surface area contributed by atoms with E-state index < -0.39 is 0 Å². The molecule has 0 bridgehead atoms. The summed E-state index contributed by atoms with van der Waals surface area (Å²) in [6.07, 6.45) is 1.71. The van der Waals surface area contributed by atoms with Crippen LogP contribution in [-0.4, -0.2) is 21.8 Å². The first-order chi connectivity index (χ1) is 9.99. The van der Waals surface area contributed by atoms with Crippen LogP contribution >= 0.6 is 0 Å². The smallest absolute Gasteiger partial charge is 0.254 e. The van der Waals surface area contributed by atoms with Crippen molar-refractivity contribution in [2.45, 2.75) is 33.4 Å². The van der Waals surface area contributed by atoms with Gasteiger partial charge in [-0.05, 0) is 56.7 Å². The lowest BCUT2D eigenvalue weighted by molar-refractivity contribution is 0.0687. The third kappa shape index (κ3) is 3.66. The number of amides is 1. The van der Waals surface area contributed by atoms with Gasteiger partial charge in [0.15, 0.2) is 0 Å². The summed E-state index contributed by atoms with van der Waals surface area (Å²) >= 11 is 0. The van der Waals surface area contributed by atoms with Crippen LogP contribution in [0.15, 0.2) is 42.6 Å². The summed E-state index contributed by atoms with van der Waals surface area (Å²) in [6.45, 7) is 6.10. The number of hydrogen-bond acceptors (Lipinski definition) is 2. The Bertz CT molecular complexity index is 626. The van der Waals surface area contributed by atoms with Crippen molar-refractivity contribution in [2.24, 2.45) is 0 Å². The minimum atomic E-state index is -0.329. The quantitative estimate of drug-likeness (QED) is 0.860. The second kappa shape index (κ2) is 6.48. The fraction of sp³-hybridized carbons (Fsp3) is 0.294. The molecule has 1 heterocycles. The summed E-state index contributed by atoms with van der Waals surface area (Å²) in [5.74, 6) is -0.432. The van der Waals surface area contributed by atoms with E-state index in [1.807, 2.05) is 32.0 Å². The van der Waals surface area contributed by atoms with Crippen LogP contribution in [0, 0.1) is 12.7 Å². The molecule has 1 amide bonds. The van der Waals surface area contributed by atoms with E-state index in [2.05, 4.69) is 4.98 Å². The average Bonchev–Trinajstić information content (AvgIpc) is 2.45. The lowest BCUT2D eigenvalue weighted by atomic mass is 10.1. The lowest BCUT2D eigenvalue weighted by Crippen LogP contribution is -2.37. The number of carbonyl (C=O) groups excluding carboxylic acids is 1. The van der Waals surface area contributed by atoms with Gasteiger partial charge in [0.2, 0.25) is 0 Å². The molecular weight excluding hydrogens is 267 g/mol. The summed E-state index contributed by atoms with van der Waals surface area (Å²) < 4.78 is 13.2. The maximum atomic E-state index is 13.2. The summed E-state index contributed by atoms with van der Waals surface area (Å²) in [5, 5.41) is 0. The first kappa shape index (κ1) is 15.2. The van der Waals surface area contributed by atoms with Gasteiger partial charge in [-0.1, -0.05) is 6.07 Å². The maximum Gasteiger partial charge on any atom is 0.254 e. The summed E-state index contributed by atoms with van der Waals surface area (Å²) in [7, 11) is 0. The lowest BCUT2D eigenvalue weighted by Gasteiger charge is -2.27. The van der Waals surface area contributed by atoms with Crippen LogP contribution in [0.4, 0.5) is 4.39 Å². The van der Waals surface area contributed by atoms with Crippen molar-refractivity contribution >= 4 is 5.91 Å². The van der Waals surface area contributed by atoms with Gasteiger partial charge in [-0.2, -0.15) is 0 Å². The predicted molar refractivity (Wildman–Crippen MR) is 80.4 cm³/mol. The van der Waals surface area contributed by atoms with Crippen molar-refractivity contribution < 1.29 is 9.18 Å². The van der Waals surface area contributed by atoms with Crippen molar-refractivity contribution in [3.05, 3.63) is 65.2 Å². The van der Waals surface area contributed by atoms with Gasteiger partial charge >= 0.3 is 0 Å². The van der Waals surface area contributed by atoms with E-state index in [1.165, 1.54) is 12.1 Å². The average molecular weight is 286 g/mol. The molecule has 4 heteroatoms. The number of benzene rings is 1. The summed E-state index contributed by atoms with van der Waals surface area (Å²) in [6, 6.07) is 9.90. The van der Waals surface area contributed by atoms with Crippen molar-refractivity contribution in [1.82, 2.24) is 9.88 Å². The zero-order valence-electron chi connectivity index (χ0n) is 12.5.